The molecular formula is C11H17NO5. The third kappa shape index (κ3) is 10.4. The summed E-state index contributed by atoms with van der Waals surface area (Å²) in [4.78, 5) is 31.9. The van der Waals surface area contributed by atoms with Gasteiger partial charge in [-0.3, -0.25) is 14.4 Å². The van der Waals surface area contributed by atoms with E-state index in [9.17, 15) is 14.4 Å². The van der Waals surface area contributed by atoms with Crippen LogP contribution in [0.2, 0.25) is 0 Å². The summed E-state index contributed by atoms with van der Waals surface area (Å²) in [6.45, 7) is 3.39. The number of ether oxygens (including phenoxy) is 1. The number of carboxylic acids is 1. The van der Waals surface area contributed by atoms with E-state index in [0.29, 0.717) is 6.42 Å². The zero-order valence-corrected chi connectivity index (χ0v) is 9.99. The highest BCUT2D eigenvalue weighted by atomic mass is 16.5. The van der Waals surface area contributed by atoms with Gasteiger partial charge in [0.25, 0.3) is 0 Å². The molecule has 0 radical (unpaired) electrons. The maximum atomic E-state index is 11.2. The standard InChI is InChI=1S/C11H17NO5/c1-8(4-6-17-9(2)13)7-10(14)12-5-3-11(15)16/h7H,3-6H2,1-2H3,(H,12,14)(H,15,16)/b8-7-. The highest BCUT2D eigenvalue weighted by Gasteiger charge is 2.01. The fourth-order valence-electron chi connectivity index (χ4n) is 0.995. The molecule has 0 spiro atoms. The molecule has 0 aliphatic heterocycles. The highest BCUT2D eigenvalue weighted by molar-refractivity contribution is 5.88. The van der Waals surface area contributed by atoms with E-state index in [2.05, 4.69) is 5.32 Å². The molecule has 0 rings (SSSR count). The predicted octanol–water partition coefficient (Wildman–Crippen LogP) is 0.477. The van der Waals surface area contributed by atoms with Gasteiger partial charge in [-0.25, -0.2) is 0 Å². The van der Waals surface area contributed by atoms with Gasteiger partial charge in [0.1, 0.15) is 0 Å². The van der Waals surface area contributed by atoms with Crippen LogP contribution in [0.25, 0.3) is 0 Å². The number of aliphatic carboxylic acids is 1. The largest absolute Gasteiger partial charge is 0.481 e. The Morgan fingerprint density at radius 1 is 1.24 bits per heavy atom. The van der Waals surface area contributed by atoms with Crippen molar-refractivity contribution in [2.75, 3.05) is 13.2 Å². The zero-order chi connectivity index (χ0) is 13.3. The number of esters is 1. The lowest BCUT2D eigenvalue weighted by molar-refractivity contribution is -0.141. The molecule has 2 N–H and O–H groups in total. The molecule has 0 saturated heterocycles. The summed E-state index contributed by atoms with van der Waals surface area (Å²) in [7, 11) is 0. The second-order valence-electron chi connectivity index (χ2n) is 3.52. The molecule has 96 valence electrons. The van der Waals surface area contributed by atoms with E-state index >= 15 is 0 Å². The Morgan fingerprint density at radius 2 is 1.88 bits per heavy atom. The lowest BCUT2D eigenvalue weighted by Crippen LogP contribution is -2.24. The van der Waals surface area contributed by atoms with E-state index in [4.69, 9.17) is 9.84 Å². The van der Waals surface area contributed by atoms with Gasteiger partial charge in [0, 0.05) is 26.0 Å². The molecular weight excluding hydrogens is 226 g/mol. The molecule has 0 aromatic rings. The molecule has 0 bridgehead atoms. The van der Waals surface area contributed by atoms with Crippen molar-refractivity contribution in [3.63, 3.8) is 0 Å². The number of nitrogens with one attached hydrogen (secondary N) is 1. The topological polar surface area (TPSA) is 92.7 Å². The zero-order valence-electron chi connectivity index (χ0n) is 9.99. The predicted molar refractivity (Wildman–Crippen MR) is 60.3 cm³/mol. The molecule has 0 unspecified atom stereocenters. The monoisotopic (exact) mass is 243 g/mol. The van der Waals surface area contributed by atoms with Crippen LogP contribution in [0, 0.1) is 0 Å². The first kappa shape index (κ1) is 15.2. The average molecular weight is 243 g/mol. The highest BCUT2D eigenvalue weighted by Crippen LogP contribution is 1.99. The first-order valence-corrected chi connectivity index (χ1v) is 5.22. The summed E-state index contributed by atoms with van der Waals surface area (Å²) >= 11 is 0. The molecule has 0 aliphatic rings. The molecule has 1 amide bonds. The van der Waals surface area contributed by atoms with E-state index in [1.54, 1.807) is 6.92 Å². The molecule has 0 aliphatic carbocycles. The van der Waals surface area contributed by atoms with Crippen LogP contribution in [0.4, 0.5) is 0 Å². The van der Waals surface area contributed by atoms with Gasteiger partial charge >= 0.3 is 11.9 Å². The Kier molecular flexibility index (Phi) is 7.41. The van der Waals surface area contributed by atoms with Crippen LogP contribution in [0.15, 0.2) is 11.6 Å². The van der Waals surface area contributed by atoms with Gasteiger partial charge in [0.2, 0.25) is 5.91 Å². The minimum Gasteiger partial charge on any atom is -0.481 e. The van der Waals surface area contributed by atoms with Crippen LogP contribution in [0.1, 0.15) is 26.7 Å². The van der Waals surface area contributed by atoms with E-state index < -0.39 is 5.97 Å². The van der Waals surface area contributed by atoms with Crippen molar-refractivity contribution >= 4 is 17.8 Å². The number of hydrogen-bond acceptors (Lipinski definition) is 4. The van der Waals surface area contributed by atoms with Crippen molar-refractivity contribution < 1.29 is 24.2 Å². The van der Waals surface area contributed by atoms with Crippen molar-refractivity contribution in [3.05, 3.63) is 11.6 Å². The van der Waals surface area contributed by atoms with Gasteiger partial charge < -0.3 is 15.2 Å². The number of carbonyl (C=O) groups excluding carboxylic acids is 2. The van der Waals surface area contributed by atoms with E-state index in [-0.39, 0.29) is 31.4 Å². The number of hydrogen-bond donors (Lipinski definition) is 2. The van der Waals surface area contributed by atoms with Crippen molar-refractivity contribution in [2.45, 2.75) is 26.7 Å². The summed E-state index contributed by atoms with van der Waals surface area (Å²) in [5.74, 6) is -1.66. The van der Waals surface area contributed by atoms with Gasteiger partial charge in [0.05, 0.1) is 13.0 Å². The Morgan fingerprint density at radius 3 is 2.41 bits per heavy atom. The van der Waals surface area contributed by atoms with Crippen LogP contribution >= 0.6 is 0 Å². The van der Waals surface area contributed by atoms with Crippen LogP contribution in [0.3, 0.4) is 0 Å². The van der Waals surface area contributed by atoms with E-state index in [1.165, 1.54) is 13.0 Å². The van der Waals surface area contributed by atoms with Gasteiger partial charge in [-0.2, -0.15) is 0 Å². The third-order valence-electron chi connectivity index (χ3n) is 1.82. The van der Waals surface area contributed by atoms with Crippen molar-refractivity contribution in [1.29, 1.82) is 0 Å². The van der Waals surface area contributed by atoms with Gasteiger partial charge in [0.15, 0.2) is 0 Å². The average Bonchev–Trinajstić information content (AvgIpc) is 2.15. The van der Waals surface area contributed by atoms with Gasteiger partial charge in [-0.1, -0.05) is 5.57 Å². The van der Waals surface area contributed by atoms with E-state index in [0.717, 1.165) is 5.57 Å². The smallest absolute Gasteiger partial charge is 0.305 e. The van der Waals surface area contributed by atoms with Crippen LogP contribution < -0.4 is 5.32 Å². The summed E-state index contributed by atoms with van der Waals surface area (Å²) in [5, 5.41) is 10.8. The maximum Gasteiger partial charge on any atom is 0.305 e. The third-order valence-corrected chi connectivity index (χ3v) is 1.82. The Bertz CT molecular complexity index is 322. The minimum atomic E-state index is -0.958. The lowest BCUT2D eigenvalue weighted by atomic mass is 10.2. The lowest BCUT2D eigenvalue weighted by Gasteiger charge is -2.03. The Balaban J connectivity index is 3.81. The minimum absolute atomic E-state index is 0.0991. The van der Waals surface area contributed by atoms with Gasteiger partial charge in [-0.15, -0.1) is 0 Å². The molecule has 17 heavy (non-hydrogen) atoms. The number of carboxylic acid groups (broad SMARTS) is 1. The van der Waals surface area contributed by atoms with Gasteiger partial charge in [-0.05, 0) is 6.92 Å². The summed E-state index contributed by atoms with van der Waals surface area (Å²) in [6, 6.07) is 0. The first-order chi connectivity index (χ1) is 7.91. The molecule has 6 nitrogen and oxygen atoms in total. The normalized spacial score (nSPS) is 10.8. The van der Waals surface area contributed by atoms with Crippen LogP contribution in [-0.2, 0) is 19.1 Å². The second kappa shape index (κ2) is 8.32. The first-order valence-electron chi connectivity index (χ1n) is 5.22. The Hall–Kier alpha value is -1.85. The van der Waals surface area contributed by atoms with Crippen molar-refractivity contribution in [3.8, 4) is 0 Å². The van der Waals surface area contributed by atoms with Crippen molar-refractivity contribution in [2.24, 2.45) is 0 Å². The Labute approximate surface area is 99.6 Å². The quantitative estimate of drug-likeness (QED) is 0.501. The molecule has 0 aromatic heterocycles. The molecule has 0 saturated carbocycles. The molecule has 0 atom stereocenters. The number of rotatable bonds is 7. The van der Waals surface area contributed by atoms with Crippen LogP contribution in [0.5, 0.6) is 0 Å². The molecule has 6 heteroatoms. The SMILES string of the molecule is CC(=O)OCC/C(C)=C\C(=O)NCCC(=O)O. The second-order valence-corrected chi connectivity index (χ2v) is 3.52. The molecule has 0 heterocycles. The van der Waals surface area contributed by atoms with Crippen molar-refractivity contribution in [1.82, 2.24) is 5.32 Å². The summed E-state index contributed by atoms with van der Waals surface area (Å²) in [6.07, 6.45) is 1.74. The number of amides is 1. The fraction of sp³-hybridized carbons (Fsp3) is 0.545. The number of carbonyl (C=O) groups is 3. The van der Waals surface area contributed by atoms with Crippen LogP contribution in [-0.4, -0.2) is 36.1 Å². The molecule has 0 aromatic carbocycles. The molecule has 0 fully saturated rings. The maximum absolute atomic E-state index is 11.2. The summed E-state index contributed by atoms with van der Waals surface area (Å²) < 4.78 is 4.72. The summed E-state index contributed by atoms with van der Waals surface area (Å²) in [5.41, 5.74) is 0.763. The fourth-order valence-corrected chi connectivity index (χ4v) is 0.995. The van der Waals surface area contributed by atoms with E-state index in [1.807, 2.05) is 0 Å².